The molecule has 1 saturated heterocycles. The van der Waals surface area contributed by atoms with Gasteiger partial charge >= 0.3 is 0 Å². The summed E-state index contributed by atoms with van der Waals surface area (Å²) >= 11 is 12.5. The van der Waals surface area contributed by atoms with Gasteiger partial charge < -0.3 is 4.74 Å². The van der Waals surface area contributed by atoms with Crippen molar-refractivity contribution in [2.45, 2.75) is 26.4 Å². The molecule has 5 nitrogen and oxygen atoms in total. The SMILES string of the molecule is CC(C)Oc1c(Cl)cc(C=NN2C(=O)C3C4C=CC(C4)C3C2=O)cc1Cl. The lowest BCUT2D eigenvalue weighted by Crippen LogP contribution is -2.28. The van der Waals surface area contributed by atoms with E-state index in [4.69, 9.17) is 27.9 Å². The molecule has 0 radical (unpaired) electrons. The van der Waals surface area contributed by atoms with Crippen molar-refractivity contribution in [3.05, 3.63) is 39.9 Å². The van der Waals surface area contributed by atoms with Crippen LogP contribution in [0.25, 0.3) is 0 Å². The second-order valence-electron chi connectivity index (χ2n) is 7.21. The number of amides is 2. The second-order valence-corrected chi connectivity index (χ2v) is 8.03. The molecule has 2 aliphatic carbocycles. The summed E-state index contributed by atoms with van der Waals surface area (Å²) in [5.41, 5.74) is 0.592. The Bertz CT molecular complexity index is 796. The molecule has 1 aromatic carbocycles. The van der Waals surface area contributed by atoms with Crippen molar-refractivity contribution >= 4 is 41.2 Å². The average molecular weight is 393 g/mol. The van der Waals surface area contributed by atoms with E-state index in [0.29, 0.717) is 21.4 Å². The van der Waals surface area contributed by atoms with E-state index in [1.54, 1.807) is 12.1 Å². The van der Waals surface area contributed by atoms with Crippen molar-refractivity contribution in [1.29, 1.82) is 0 Å². The van der Waals surface area contributed by atoms with Crippen LogP contribution in [0.5, 0.6) is 5.75 Å². The van der Waals surface area contributed by atoms with Crippen molar-refractivity contribution in [3.63, 3.8) is 0 Å². The number of allylic oxidation sites excluding steroid dienone is 2. The summed E-state index contributed by atoms with van der Waals surface area (Å²) in [4.78, 5) is 25.2. The molecule has 0 spiro atoms. The maximum absolute atomic E-state index is 12.6. The Morgan fingerprint density at radius 1 is 1.12 bits per heavy atom. The quantitative estimate of drug-likeness (QED) is 0.443. The number of rotatable bonds is 4. The molecule has 26 heavy (non-hydrogen) atoms. The maximum Gasteiger partial charge on any atom is 0.254 e. The molecule has 1 heterocycles. The van der Waals surface area contributed by atoms with Gasteiger partial charge in [0, 0.05) is 0 Å². The van der Waals surface area contributed by atoms with Crippen LogP contribution >= 0.6 is 23.2 Å². The topological polar surface area (TPSA) is 59.0 Å². The number of benzene rings is 1. The van der Waals surface area contributed by atoms with E-state index in [-0.39, 0.29) is 41.6 Å². The van der Waals surface area contributed by atoms with Gasteiger partial charge in [0.05, 0.1) is 34.2 Å². The maximum atomic E-state index is 12.6. The highest BCUT2D eigenvalue weighted by Gasteiger charge is 2.59. The molecular weight excluding hydrogens is 375 g/mol. The highest BCUT2D eigenvalue weighted by Crippen LogP contribution is 2.52. The van der Waals surface area contributed by atoms with Gasteiger partial charge in [-0.15, -0.1) is 0 Å². The minimum absolute atomic E-state index is 0.0623. The lowest BCUT2D eigenvalue weighted by atomic mass is 9.85. The van der Waals surface area contributed by atoms with Crippen LogP contribution in [0.4, 0.5) is 0 Å². The summed E-state index contributed by atoms with van der Waals surface area (Å²) in [6.45, 7) is 3.76. The molecule has 0 N–H and O–H groups in total. The zero-order valence-corrected chi connectivity index (χ0v) is 15.9. The number of nitrogens with zero attached hydrogens (tertiary/aromatic N) is 2. The van der Waals surface area contributed by atoms with E-state index in [2.05, 4.69) is 17.3 Å². The van der Waals surface area contributed by atoms with Crippen LogP contribution < -0.4 is 4.74 Å². The van der Waals surface area contributed by atoms with Crippen molar-refractivity contribution in [2.24, 2.45) is 28.8 Å². The minimum atomic E-state index is -0.261. The summed E-state index contributed by atoms with van der Waals surface area (Å²) in [7, 11) is 0. The Balaban J connectivity index is 1.56. The Morgan fingerprint density at radius 3 is 2.15 bits per heavy atom. The van der Waals surface area contributed by atoms with E-state index >= 15 is 0 Å². The van der Waals surface area contributed by atoms with Crippen molar-refractivity contribution in [2.75, 3.05) is 0 Å². The number of halogens is 2. The first kappa shape index (κ1) is 17.6. The number of hydrogen-bond donors (Lipinski definition) is 0. The van der Waals surface area contributed by atoms with Gasteiger partial charge in [0.1, 0.15) is 0 Å². The van der Waals surface area contributed by atoms with Gasteiger partial charge in [-0.1, -0.05) is 35.4 Å². The molecule has 4 atom stereocenters. The minimum Gasteiger partial charge on any atom is -0.488 e. The number of carbonyl (C=O) groups is 2. The van der Waals surface area contributed by atoms with Crippen LogP contribution in [-0.4, -0.2) is 29.1 Å². The molecule has 4 rings (SSSR count). The summed E-state index contributed by atoms with van der Waals surface area (Å²) in [6.07, 6.45) is 6.37. The molecule has 2 fully saturated rings. The lowest BCUT2D eigenvalue weighted by molar-refractivity contribution is -0.140. The molecule has 1 saturated carbocycles. The van der Waals surface area contributed by atoms with E-state index in [1.165, 1.54) is 6.21 Å². The Labute approximate surface area is 161 Å². The third-order valence-electron chi connectivity index (χ3n) is 5.14. The third kappa shape index (κ3) is 2.74. The molecule has 7 heteroatoms. The molecular formula is C19H18Cl2N2O3. The highest BCUT2D eigenvalue weighted by molar-refractivity contribution is 6.37. The largest absolute Gasteiger partial charge is 0.488 e. The summed E-state index contributed by atoms with van der Waals surface area (Å²) < 4.78 is 5.59. The smallest absolute Gasteiger partial charge is 0.254 e. The summed E-state index contributed by atoms with van der Waals surface area (Å²) in [6, 6.07) is 3.29. The van der Waals surface area contributed by atoms with Crippen LogP contribution in [0.1, 0.15) is 25.8 Å². The fourth-order valence-corrected chi connectivity index (χ4v) is 4.72. The van der Waals surface area contributed by atoms with Crippen LogP contribution in [0.2, 0.25) is 10.0 Å². The second kappa shape index (κ2) is 6.39. The van der Waals surface area contributed by atoms with Gasteiger partial charge in [-0.25, -0.2) is 0 Å². The molecule has 1 aliphatic heterocycles. The number of imide groups is 1. The van der Waals surface area contributed by atoms with Crippen LogP contribution in [0, 0.1) is 23.7 Å². The van der Waals surface area contributed by atoms with Crippen molar-refractivity contribution in [3.8, 4) is 5.75 Å². The monoisotopic (exact) mass is 392 g/mol. The van der Waals surface area contributed by atoms with Crippen molar-refractivity contribution in [1.82, 2.24) is 5.01 Å². The van der Waals surface area contributed by atoms with Gasteiger partial charge in [-0.05, 0) is 49.8 Å². The Kier molecular flexibility index (Phi) is 4.32. The molecule has 4 unspecified atom stereocenters. The summed E-state index contributed by atoms with van der Waals surface area (Å²) in [5.74, 6) is -0.218. The van der Waals surface area contributed by atoms with Gasteiger partial charge in [0.15, 0.2) is 5.75 Å². The molecule has 1 aromatic rings. The van der Waals surface area contributed by atoms with Crippen LogP contribution in [0.15, 0.2) is 29.4 Å². The van der Waals surface area contributed by atoms with E-state index in [9.17, 15) is 9.59 Å². The predicted molar refractivity (Wildman–Crippen MR) is 99.4 cm³/mol. The van der Waals surface area contributed by atoms with Crippen molar-refractivity contribution < 1.29 is 14.3 Å². The van der Waals surface area contributed by atoms with Gasteiger partial charge in [0.2, 0.25) is 0 Å². The molecule has 2 amide bonds. The molecule has 0 aromatic heterocycles. The average Bonchev–Trinajstić information content (AvgIpc) is 3.24. The summed E-state index contributed by atoms with van der Waals surface area (Å²) in [5, 5.41) is 5.84. The first-order valence-electron chi connectivity index (χ1n) is 8.62. The zero-order valence-electron chi connectivity index (χ0n) is 14.4. The number of ether oxygens (including phenoxy) is 1. The number of hydrazone groups is 1. The molecule has 136 valence electrons. The lowest BCUT2D eigenvalue weighted by Gasteiger charge is -2.14. The standard InChI is InChI=1S/C19H18Cl2N2O3/c1-9(2)26-17-13(20)5-10(6-14(17)21)8-22-23-18(24)15-11-3-4-12(7-11)16(15)19(23)25/h3-6,8-9,11-12,15-16H,7H2,1-2H3. The normalized spacial score (nSPS) is 29.5. The van der Waals surface area contributed by atoms with Crippen LogP contribution in [-0.2, 0) is 9.59 Å². The number of carbonyl (C=O) groups excluding carboxylic acids is 2. The predicted octanol–water partition coefficient (Wildman–Crippen LogP) is 3.92. The number of hydrogen-bond acceptors (Lipinski definition) is 4. The number of fused-ring (bicyclic) bond motifs is 5. The molecule has 2 bridgehead atoms. The molecule has 3 aliphatic rings. The first-order chi connectivity index (χ1) is 12.4. The Hall–Kier alpha value is -1.85. The highest BCUT2D eigenvalue weighted by atomic mass is 35.5. The van der Waals surface area contributed by atoms with Gasteiger partial charge in [-0.2, -0.15) is 10.1 Å². The zero-order chi connectivity index (χ0) is 18.6. The third-order valence-corrected chi connectivity index (χ3v) is 5.71. The van der Waals surface area contributed by atoms with E-state index < -0.39 is 0 Å². The van der Waals surface area contributed by atoms with E-state index in [0.717, 1.165) is 11.4 Å². The van der Waals surface area contributed by atoms with Crippen LogP contribution in [0.3, 0.4) is 0 Å². The van der Waals surface area contributed by atoms with Gasteiger partial charge in [-0.3, -0.25) is 9.59 Å². The fourth-order valence-electron chi connectivity index (χ4n) is 4.13. The first-order valence-corrected chi connectivity index (χ1v) is 9.38. The van der Waals surface area contributed by atoms with Gasteiger partial charge in [0.25, 0.3) is 11.8 Å². The Morgan fingerprint density at radius 2 is 1.65 bits per heavy atom. The van der Waals surface area contributed by atoms with E-state index in [1.807, 2.05) is 13.8 Å². The fraction of sp³-hybridized carbons (Fsp3) is 0.421.